The predicted molar refractivity (Wildman–Crippen MR) is 149 cm³/mol. The fourth-order valence-electron chi connectivity index (χ4n) is 5.82. The molecule has 0 spiro atoms. The molecule has 2 aliphatic rings. The number of carboxylic acid groups (broad SMARTS) is 1. The molecule has 0 unspecified atom stereocenters. The molecule has 6 nitrogen and oxygen atoms in total. The zero-order chi connectivity index (χ0) is 25.8. The maximum atomic E-state index is 11.7. The number of aromatic nitrogens is 4. The maximum Gasteiger partial charge on any atom is 0.336 e. The highest BCUT2D eigenvalue weighted by molar-refractivity contribution is 5.96. The molecule has 7 rings (SSSR count). The van der Waals surface area contributed by atoms with E-state index in [-0.39, 0.29) is 0 Å². The van der Waals surface area contributed by atoms with E-state index in [0.29, 0.717) is 11.5 Å². The minimum absolute atomic E-state index is 0.320. The van der Waals surface area contributed by atoms with Crippen LogP contribution in [0.4, 0.5) is 0 Å². The Bertz CT molecular complexity index is 1670. The number of nitrogens with zero attached hydrogens (tertiary/aromatic N) is 4. The first-order valence-electron chi connectivity index (χ1n) is 13.5. The van der Waals surface area contributed by atoms with Gasteiger partial charge in [-0.3, -0.25) is 0 Å². The van der Waals surface area contributed by atoms with Crippen molar-refractivity contribution in [2.75, 3.05) is 0 Å². The summed E-state index contributed by atoms with van der Waals surface area (Å²) in [5.74, 6) is 1.98. The second kappa shape index (κ2) is 8.98. The van der Waals surface area contributed by atoms with Gasteiger partial charge in [0.25, 0.3) is 0 Å². The second-order valence-electron chi connectivity index (χ2n) is 10.7. The molecule has 0 radical (unpaired) electrons. The second-order valence-corrected chi connectivity index (χ2v) is 10.7. The molecule has 3 aromatic carbocycles. The van der Waals surface area contributed by atoms with E-state index in [2.05, 4.69) is 46.5 Å². The minimum atomic E-state index is -0.909. The molecule has 190 valence electrons. The van der Waals surface area contributed by atoms with E-state index in [4.69, 9.17) is 9.97 Å². The lowest BCUT2D eigenvalue weighted by Gasteiger charge is -2.12. The van der Waals surface area contributed by atoms with Crippen LogP contribution in [-0.2, 0) is 19.5 Å². The van der Waals surface area contributed by atoms with Crippen LogP contribution in [0.5, 0.6) is 0 Å². The Morgan fingerprint density at radius 2 is 1.82 bits per heavy atom. The van der Waals surface area contributed by atoms with Crippen molar-refractivity contribution in [2.24, 2.45) is 0 Å². The van der Waals surface area contributed by atoms with Gasteiger partial charge >= 0.3 is 5.97 Å². The van der Waals surface area contributed by atoms with Crippen molar-refractivity contribution in [3.8, 4) is 22.4 Å². The molecule has 0 saturated heterocycles. The Labute approximate surface area is 221 Å². The lowest BCUT2D eigenvalue weighted by atomic mass is 9.98. The van der Waals surface area contributed by atoms with Gasteiger partial charge in [-0.15, -0.1) is 0 Å². The van der Waals surface area contributed by atoms with E-state index in [1.807, 2.05) is 24.3 Å². The van der Waals surface area contributed by atoms with Crippen LogP contribution in [0.3, 0.4) is 0 Å². The molecule has 0 bridgehead atoms. The number of imidazole rings is 2. The van der Waals surface area contributed by atoms with Crippen molar-refractivity contribution in [1.82, 2.24) is 19.1 Å². The number of aryl methyl sites for hydroxylation is 3. The van der Waals surface area contributed by atoms with Gasteiger partial charge in [-0.2, -0.15) is 0 Å². The number of benzene rings is 3. The molecule has 1 fully saturated rings. The Kier molecular flexibility index (Phi) is 5.43. The predicted octanol–water partition coefficient (Wildman–Crippen LogP) is 6.84. The highest BCUT2D eigenvalue weighted by Gasteiger charge is 2.30. The third-order valence-electron chi connectivity index (χ3n) is 7.98. The first-order chi connectivity index (χ1) is 18.5. The summed E-state index contributed by atoms with van der Waals surface area (Å²) in [4.78, 5) is 21.8. The van der Waals surface area contributed by atoms with Crippen molar-refractivity contribution >= 4 is 17.0 Å². The molecule has 38 heavy (non-hydrogen) atoms. The molecule has 6 heteroatoms. The third-order valence-corrected chi connectivity index (χ3v) is 7.98. The van der Waals surface area contributed by atoms with Crippen LogP contribution in [0.1, 0.15) is 64.7 Å². The molecule has 1 aliphatic heterocycles. The van der Waals surface area contributed by atoms with E-state index in [1.54, 1.807) is 12.1 Å². The summed E-state index contributed by atoms with van der Waals surface area (Å²) in [6.45, 7) is 3.94. The van der Waals surface area contributed by atoms with E-state index in [0.717, 1.165) is 52.9 Å². The summed E-state index contributed by atoms with van der Waals surface area (Å²) < 4.78 is 4.70. The number of carboxylic acids is 1. The molecule has 1 N–H and O–H groups in total. The van der Waals surface area contributed by atoms with E-state index < -0.39 is 5.97 Å². The molecular formula is C32H30N4O2. The summed E-state index contributed by atoms with van der Waals surface area (Å²) >= 11 is 0. The van der Waals surface area contributed by atoms with Crippen molar-refractivity contribution in [3.05, 3.63) is 95.2 Å². The number of hydrogen-bond donors (Lipinski definition) is 1. The summed E-state index contributed by atoms with van der Waals surface area (Å²) in [6, 6.07) is 19.9. The van der Waals surface area contributed by atoms with Crippen LogP contribution in [0.2, 0.25) is 0 Å². The van der Waals surface area contributed by atoms with Gasteiger partial charge in [0.05, 0.1) is 22.3 Å². The quantitative estimate of drug-likeness (QED) is 0.276. The topological polar surface area (TPSA) is 72.9 Å². The fraction of sp³-hybridized carbons (Fsp3) is 0.281. The van der Waals surface area contributed by atoms with Gasteiger partial charge in [0.1, 0.15) is 11.6 Å². The average molecular weight is 503 g/mol. The standard InChI is InChI=1S/C32H30N4O2/c1-20-16-24(27-19-35-15-5-4-8-29(35)33-27)17-28-30(20)34-31(23-13-14-23)36(28)18-21-9-11-22(12-10-21)25-6-2-3-7-26(25)32(37)38/h2-3,6-7,9-12,16-17,19,23H,4-5,8,13-15,18H2,1H3,(H,37,38). The highest BCUT2D eigenvalue weighted by atomic mass is 16.4. The van der Waals surface area contributed by atoms with Gasteiger partial charge in [0.2, 0.25) is 0 Å². The average Bonchev–Trinajstić information content (AvgIpc) is 3.58. The van der Waals surface area contributed by atoms with Crippen molar-refractivity contribution < 1.29 is 9.90 Å². The van der Waals surface area contributed by atoms with Crippen LogP contribution in [-0.4, -0.2) is 30.2 Å². The van der Waals surface area contributed by atoms with Gasteiger partial charge < -0.3 is 14.2 Å². The number of aromatic carboxylic acids is 1. The van der Waals surface area contributed by atoms with E-state index >= 15 is 0 Å². The number of rotatable bonds is 6. The molecular weight excluding hydrogens is 472 g/mol. The fourth-order valence-corrected chi connectivity index (χ4v) is 5.82. The lowest BCUT2D eigenvalue weighted by Crippen LogP contribution is -2.08. The van der Waals surface area contributed by atoms with Crippen molar-refractivity contribution in [3.63, 3.8) is 0 Å². The minimum Gasteiger partial charge on any atom is -0.478 e. The van der Waals surface area contributed by atoms with Gasteiger partial charge in [0, 0.05) is 37.2 Å². The molecule has 0 amide bonds. The largest absolute Gasteiger partial charge is 0.478 e. The zero-order valence-corrected chi connectivity index (χ0v) is 21.5. The Morgan fingerprint density at radius 1 is 1.00 bits per heavy atom. The van der Waals surface area contributed by atoms with E-state index in [1.165, 1.54) is 48.5 Å². The maximum absolute atomic E-state index is 11.7. The summed E-state index contributed by atoms with van der Waals surface area (Å²) in [5, 5.41) is 9.60. The summed E-state index contributed by atoms with van der Waals surface area (Å²) in [7, 11) is 0. The summed E-state index contributed by atoms with van der Waals surface area (Å²) in [6.07, 6.45) is 8.08. The first kappa shape index (κ1) is 23.0. The number of carbonyl (C=O) groups is 1. The Balaban J connectivity index is 1.27. The van der Waals surface area contributed by atoms with Crippen molar-refractivity contribution in [2.45, 2.75) is 58.0 Å². The zero-order valence-electron chi connectivity index (χ0n) is 21.5. The lowest BCUT2D eigenvalue weighted by molar-refractivity contribution is 0.0697. The molecule has 3 heterocycles. The SMILES string of the molecule is Cc1cc(-c2cn3c(n2)CCCC3)cc2c1nc(C1CC1)n2Cc1ccc(-c2ccccc2C(=O)O)cc1. The molecule has 5 aromatic rings. The van der Waals surface area contributed by atoms with Crippen LogP contribution in [0, 0.1) is 6.92 Å². The molecule has 2 aromatic heterocycles. The normalized spacial score (nSPS) is 15.1. The number of fused-ring (bicyclic) bond motifs is 2. The molecule has 1 aliphatic carbocycles. The smallest absolute Gasteiger partial charge is 0.336 e. The van der Waals surface area contributed by atoms with Crippen LogP contribution >= 0.6 is 0 Å². The first-order valence-corrected chi connectivity index (χ1v) is 13.5. The summed E-state index contributed by atoms with van der Waals surface area (Å²) in [5.41, 5.74) is 8.76. The van der Waals surface area contributed by atoms with Gasteiger partial charge in [-0.1, -0.05) is 42.5 Å². The van der Waals surface area contributed by atoms with Crippen LogP contribution in [0.15, 0.2) is 66.9 Å². The highest BCUT2D eigenvalue weighted by Crippen LogP contribution is 2.42. The van der Waals surface area contributed by atoms with Crippen LogP contribution in [0.25, 0.3) is 33.4 Å². The Morgan fingerprint density at radius 3 is 2.58 bits per heavy atom. The van der Waals surface area contributed by atoms with Gasteiger partial charge in [-0.05, 0) is 73.1 Å². The van der Waals surface area contributed by atoms with Crippen LogP contribution < -0.4 is 0 Å². The van der Waals surface area contributed by atoms with Gasteiger partial charge in [-0.25, -0.2) is 14.8 Å². The molecule has 0 atom stereocenters. The monoisotopic (exact) mass is 502 g/mol. The number of hydrogen-bond acceptors (Lipinski definition) is 3. The van der Waals surface area contributed by atoms with Gasteiger partial charge in [0.15, 0.2) is 0 Å². The Hall–Kier alpha value is -4.19. The third kappa shape index (κ3) is 4.01. The molecule has 1 saturated carbocycles. The van der Waals surface area contributed by atoms with E-state index in [9.17, 15) is 9.90 Å². The van der Waals surface area contributed by atoms with Crippen molar-refractivity contribution in [1.29, 1.82) is 0 Å².